The van der Waals surface area contributed by atoms with E-state index in [1.165, 1.54) is 28.6 Å². The zero-order valence-corrected chi connectivity index (χ0v) is 13.3. The van der Waals surface area contributed by atoms with Crippen molar-refractivity contribution in [2.75, 3.05) is 18.4 Å². The molecule has 1 aromatic rings. The highest BCUT2D eigenvalue weighted by Crippen LogP contribution is 2.21. The molecule has 23 heavy (non-hydrogen) atoms. The fourth-order valence-electron chi connectivity index (χ4n) is 2.30. The van der Waals surface area contributed by atoms with E-state index in [2.05, 4.69) is 5.32 Å². The molecule has 2 rings (SSSR count). The van der Waals surface area contributed by atoms with Gasteiger partial charge in [0.2, 0.25) is 15.9 Å². The summed E-state index contributed by atoms with van der Waals surface area (Å²) in [5.41, 5.74) is 0.391. The van der Waals surface area contributed by atoms with E-state index in [9.17, 15) is 18.0 Å². The molecule has 1 saturated heterocycles. The first kappa shape index (κ1) is 17.2. The maximum Gasteiger partial charge on any atom is 0.328 e. The van der Waals surface area contributed by atoms with Gasteiger partial charge in [-0.2, -0.15) is 4.31 Å². The highest BCUT2D eigenvalue weighted by molar-refractivity contribution is 7.89. The summed E-state index contributed by atoms with van der Waals surface area (Å²) >= 11 is 0. The lowest BCUT2D eigenvalue weighted by Gasteiger charge is -2.25. The second-order valence-corrected chi connectivity index (χ2v) is 7.09. The monoisotopic (exact) mass is 338 g/mol. The van der Waals surface area contributed by atoms with Crippen LogP contribution in [0.5, 0.6) is 0 Å². The van der Waals surface area contributed by atoms with Gasteiger partial charge in [0.05, 0.1) is 4.90 Å². The molecule has 1 amide bonds. The molecule has 124 valence electrons. The van der Waals surface area contributed by atoms with E-state index in [1.54, 1.807) is 0 Å². The zero-order chi connectivity index (χ0) is 16.9. The van der Waals surface area contributed by atoms with E-state index >= 15 is 0 Å². The number of carbonyl (C=O) groups excluding carboxylic acids is 1. The minimum Gasteiger partial charge on any atom is -0.478 e. The van der Waals surface area contributed by atoms with Gasteiger partial charge in [0.15, 0.2) is 0 Å². The summed E-state index contributed by atoms with van der Waals surface area (Å²) in [6.07, 6.45) is 4.39. The summed E-state index contributed by atoms with van der Waals surface area (Å²) in [6.45, 7) is 1.06. The standard InChI is InChI=1S/C15H18N2O5S/c18-14(8-9-15(19)20)16-12-4-6-13(7-5-12)23(21,22)17-10-2-1-3-11-17/h4-9H,1-3,10-11H2,(H,16,18)(H,19,20). The van der Waals surface area contributed by atoms with Gasteiger partial charge in [0.25, 0.3) is 0 Å². The summed E-state index contributed by atoms with van der Waals surface area (Å²) < 4.78 is 26.4. The maximum atomic E-state index is 12.5. The van der Waals surface area contributed by atoms with E-state index in [-0.39, 0.29) is 4.90 Å². The first-order chi connectivity index (χ1) is 10.9. The van der Waals surface area contributed by atoms with Crippen LogP contribution in [-0.2, 0) is 19.6 Å². The SMILES string of the molecule is O=C(O)C=CC(=O)Nc1ccc(S(=O)(=O)N2CCCCC2)cc1. The minimum absolute atomic E-state index is 0.179. The van der Waals surface area contributed by atoms with E-state index < -0.39 is 21.9 Å². The first-order valence-electron chi connectivity index (χ1n) is 7.22. The Hall–Kier alpha value is -2.19. The summed E-state index contributed by atoms with van der Waals surface area (Å²) in [7, 11) is -3.50. The van der Waals surface area contributed by atoms with Crippen LogP contribution in [-0.4, -0.2) is 42.8 Å². The molecule has 0 bridgehead atoms. The lowest BCUT2D eigenvalue weighted by Crippen LogP contribution is -2.35. The molecular weight excluding hydrogens is 320 g/mol. The Balaban J connectivity index is 2.07. The van der Waals surface area contributed by atoms with Crippen molar-refractivity contribution in [2.24, 2.45) is 0 Å². The van der Waals surface area contributed by atoms with Gasteiger partial charge in [0, 0.05) is 30.9 Å². The van der Waals surface area contributed by atoms with Crippen molar-refractivity contribution in [1.82, 2.24) is 4.31 Å². The van der Waals surface area contributed by atoms with Gasteiger partial charge >= 0.3 is 5.97 Å². The fourth-order valence-corrected chi connectivity index (χ4v) is 3.81. The second-order valence-electron chi connectivity index (χ2n) is 5.15. The first-order valence-corrected chi connectivity index (χ1v) is 8.66. The van der Waals surface area contributed by atoms with Crippen LogP contribution in [0.4, 0.5) is 5.69 Å². The van der Waals surface area contributed by atoms with E-state index in [1.807, 2.05) is 0 Å². The van der Waals surface area contributed by atoms with E-state index in [0.29, 0.717) is 18.8 Å². The molecular formula is C15H18N2O5S. The van der Waals surface area contributed by atoms with Crippen molar-refractivity contribution in [3.05, 3.63) is 36.4 Å². The molecule has 0 spiro atoms. The highest BCUT2D eigenvalue weighted by atomic mass is 32.2. The molecule has 1 heterocycles. The number of piperidine rings is 1. The average molecular weight is 338 g/mol. The molecule has 1 fully saturated rings. The third kappa shape index (κ3) is 4.64. The summed E-state index contributed by atoms with van der Waals surface area (Å²) in [5.74, 6) is -1.82. The number of anilines is 1. The van der Waals surface area contributed by atoms with Gasteiger partial charge in [0.1, 0.15) is 0 Å². The number of carboxylic acid groups (broad SMARTS) is 1. The van der Waals surface area contributed by atoms with Crippen LogP contribution >= 0.6 is 0 Å². The molecule has 1 aliphatic heterocycles. The normalized spacial score (nSPS) is 16.3. The van der Waals surface area contributed by atoms with Gasteiger partial charge in [-0.05, 0) is 37.1 Å². The number of nitrogens with zero attached hydrogens (tertiary/aromatic N) is 1. The molecule has 0 aliphatic carbocycles. The second kappa shape index (κ2) is 7.38. The average Bonchev–Trinajstić information content (AvgIpc) is 2.54. The highest BCUT2D eigenvalue weighted by Gasteiger charge is 2.25. The van der Waals surface area contributed by atoms with Crippen LogP contribution in [0.3, 0.4) is 0 Å². The van der Waals surface area contributed by atoms with Crippen LogP contribution in [0.15, 0.2) is 41.3 Å². The van der Waals surface area contributed by atoms with E-state index in [4.69, 9.17) is 5.11 Å². The Bertz CT molecular complexity index is 704. The number of benzene rings is 1. The van der Waals surface area contributed by atoms with Crippen LogP contribution in [0.25, 0.3) is 0 Å². The van der Waals surface area contributed by atoms with Crippen molar-refractivity contribution in [3.8, 4) is 0 Å². The lowest BCUT2D eigenvalue weighted by atomic mass is 10.2. The third-order valence-corrected chi connectivity index (χ3v) is 5.36. The number of amides is 1. The number of aliphatic carboxylic acids is 1. The van der Waals surface area contributed by atoms with E-state index in [0.717, 1.165) is 31.4 Å². The Labute approximate surface area is 134 Å². The molecule has 0 saturated carbocycles. The number of hydrogen-bond donors (Lipinski definition) is 2. The topological polar surface area (TPSA) is 104 Å². The summed E-state index contributed by atoms with van der Waals surface area (Å²) in [5, 5.41) is 10.9. The molecule has 7 nitrogen and oxygen atoms in total. The van der Waals surface area contributed by atoms with Crippen LogP contribution in [0.1, 0.15) is 19.3 Å². The van der Waals surface area contributed by atoms with Crippen molar-refractivity contribution >= 4 is 27.6 Å². The number of carbonyl (C=O) groups is 2. The molecule has 8 heteroatoms. The zero-order valence-electron chi connectivity index (χ0n) is 12.4. The number of carboxylic acids is 1. The lowest BCUT2D eigenvalue weighted by molar-refractivity contribution is -0.131. The summed E-state index contributed by atoms with van der Waals surface area (Å²) in [6, 6.07) is 5.81. The Morgan fingerprint density at radius 3 is 2.22 bits per heavy atom. The van der Waals surface area contributed by atoms with Gasteiger partial charge in [-0.15, -0.1) is 0 Å². The third-order valence-electron chi connectivity index (χ3n) is 3.45. The maximum absolute atomic E-state index is 12.5. The number of nitrogens with one attached hydrogen (secondary N) is 1. The quantitative estimate of drug-likeness (QED) is 0.791. The Kier molecular flexibility index (Phi) is 5.51. The van der Waals surface area contributed by atoms with Crippen molar-refractivity contribution in [2.45, 2.75) is 24.2 Å². The van der Waals surface area contributed by atoms with Crippen LogP contribution in [0.2, 0.25) is 0 Å². The van der Waals surface area contributed by atoms with Gasteiger partial charge in [-0.1, -0.05) is 6.42 Å². The Morgan fingerprint density at radius 2 is 1.65 bits per heavy atom. The Morgan fingerprint density at radius 1 is 1.04 bits per heavy atom. The minimum atomic E-state index is -3.50. The molecule has 0 atom stereocenters. The van der Waals surface area contributed by atoms with Crippen molar-refractivity contribution < 1.29 is 23.1 Å². The van der Waals surface area contributed by atoms with Gasteiger partial charge in [-0.3, -0.25) is 4.79 Å². The molecule has 0 radical (unpaired) electrons. The molecule has 1 aliphatic rings. The van der Waals surface area contributed by atoms with Crippen LogP contribution < -0.4 is 5.32 Å². The molecule has 0 aromatic heterocycles. The fraction of sp³-hybridized carbons (Fsp3) is 0.333. The number of sulfonamides is 1. The van der Waals surface area contributed by atoms with Gasteiger partial charge in [-0.25, -0.2) is 13.2 Å². The predicted molar refractivity (Wildman–Crippen MR) is 84.5 cm³/mol. The predicted octanol–water partition coefficient (Wildman–Crippen LogP) is 1.44. The molecule has 1 aromatic carbocycles. The number of hydrogen-bond acceptors (Lipinski definition) is 4. The molecule has 0 unspecified atom stereocenters. The summed E-state index contributed by atoms with van der Waals surface area (Å²) in [4.78, 5) is 22.0. The largest absolute Gasteiger partial charge is 0.478 e. The van der Waals surface area contributed by atoms with Crippen LogP contribution in [0, 0.1) is 0 Å². The smallest absolute Gasteiger partial charge is 0.328 e. The molecule has 2 N–H and O–H groups in total. The van der Waals surface area contributed by atoms with Crippen molar-refractivity contribution in [1.29, 1.82) is 0 Å². The number of rotatable bonds is 5. The van der Waals surface area contributed by atoms with Gasteiger partial charge < -0.3 is 10.4 Å². The van der Waals surface area contributed by atoms with Crippen molar-refractivity contribution in [3.63, 3.8) is 0 Å².